The number of fused-ring (bicyclic) bond motifs is 7. The van der Waals surface area contributed by atoms with E-state index in [4.69, 9.17) is 5.73 Å². The minimum absolute atomic E-state index is 0.143. The summed E-state index contributed by atoms with van der Waals surface area (Å²) in [6.45, 7) is 0. The van der Waals surface area contributed by atoms with Gasteiger partial charge < -0.3 is 11.1 Å². The number of guanidine groups is 1. The van der Waals surface area contributed by atoms with Gasteiger partial charge in [-0.05, 0) is 18.2 Å². The number of nitrogens with one attached hydrogen (secondary N) is 1. The molecule has 5 rings (SSSR count). The second-order valence-corrected chi connectivity index (χ2v) is 5.50. The van der Waals surface area contributed by atoms with Crippen molar-refractivity contribution in [2.45, 2.75) is 6.17 Å². The van der Waals surface area contributed by atoms with E-state index in [-0.39, 0.29) is 18.2 Å². The van der Waals surface area contributed by atoms with Crippen molar-refractivity contribution in [1.29, 1.82) is 0 Å². The third-order valence-electron chi connectivity index (χ3n) is 4.23. The first kappa shape index (κ1) is 12.2. The van der Waals surface area contributed by atoms with Crippen LogP contribution in [-0.4, -0.2) is 26.4 Å². The molecule has 0 radical (unpaired) electrons. The van der Waals surface area contributed by atoms with Crippen molar-refractivity contribution < 1.29 is 4.79 Å². The van der Waals surface area contributed by atoms with Crippen LogP contribution in [0.15, 0.2) is 53.5 Å². The lowest BCUT2D eigenvalue weighted by molar-refractivity contribution is 0.210. The largest absolute Gasteiger partial charge is 0.369 e. The molecule has 0 saturated carbocycles. The molecule has 0 spiro atoms. The Morgan fingerprint density at radius 1 is 1.09 bits per heavy atom. The van der Waals surface area contributed by atoms with Crippen molar-refractivity contribution in [2.75, 3.05) is 5.32 Å². The Morgan fingerprint density at radius 2 is 1.87 bits per heavy atom. The summed E-state index contributed by atoms with van der Waals surface area (Å²) in [7, 11) is 0. The second-order valence-electron chi connectivity index (χ2n) is 5.50. The van der Waals surface area contributed by atoms with Crippen molar-refractivity contribution in [1.82, 2.24) is 14.5 Å². The number of aliphatic imine (C=N–C) groups is 1. The normalized spacial score (nSPS) is 18.8. The van der Waals surface area contributed by atoms with Crippen LogP contribution in [0, 0.1) is 0 Å². The standard InChI is InChI=1S/C16H12N6O/c17-14-20-15-18-11-7-3-4-8-12(11)21(15)13-9-5-1-2-6-10(9)19-16(23)22(13)14/h1-8,13H,(H,19,23)(H2,17,18,20). The van der Waals surface area contributed by atoms with Gasteiger partial charge in [0.1, 0.15) is 6.17 Å². The smallest absolute Gasteiger partial charge is 0.330 e. The van der Waals surface area contributed by atoms with Crippen LogP contribution in [0.25, 0.3) is 11.0 Å². The number of carbonyl (C=O) groups excluding carboxylic acids is 1. The molecule has 7 nitrogen and oxygen atoms in total. The van der Waals surface area contributed by atoms with Crippen LogP contribution in [0.3, 0.4) is 0 Å². The van der Waals surface area contributed by atoms with Crippen LogP contribution in [0.5, 0.6) is 0 Å². The van der Waals surface area contributed by atoms with E-state index in [9.17, 15) is 4.79 Å². The molecule has 3 N–H and O–H groups in total. The molecule has 3 heterocycles. The van der Waals surface area contributed by atoms with Crippen LogP contribution < -0.4 is 11.1 Å². The Hall–Kier alpha value is -3.35. The highest BCUT2D eigenvalue weighted by Gasteiger charge is 2.40. The number of benzene rings is 2. The third kappa shape index (κ3) is 1.50. The van der Waals surface area contributed by atoms with Gasteiger partial charge in [0.25, 0.3) is 0 Å². The zero-order valence-electron chi connectivity index (χ0n) is 12.0. The minimum Gasteiger partial charge on any atom is -0.369 e. The number of para-hydroxylation sites is 3. The lowest BCUT2D eigenvalue weighted by Gasteiger charge is -2.39. The molecule has 3 aromatic rings. The molecule has 23 heavy (non-hydrogen) atoms. The van der Waals surface area contributed by atoms with E-state index in [1.807, 2.05) is 53.1 Å². The maximum absolute atomic E-state index is 12.5. The van der Waals surface area contributed by atoms with Gasteiger partial charge in [0.2, 0.25) is 11.9 Å². The fourth-order valence-corrected chi connectivity index (χ4v) is 3.25. The van der Waals surface area contributed by atoms with Crippen molar-refractivity contribution >= 4 is 34.7 Å². The average Bonchev–Trinajstić information content (AvgIpc) is 2.92. The quantitative estimate of drug-likeness (QED) is 0.668. The van der Waals surface area contributed by atoms with E-state index in [1.165, 1.54) is 4.90 Å². The van der Waals surface area contributed by atoms with Gasteiger partial charge in [-0.15, -0.1) is 0 Å². The molecule has 0 bridgehead atoms. The van der Waals surface area contributed by atoms with Gasteiger partial charge in [-0.3, -0.25) is 4.57 Å². The molecule has 112 valence electrons. The van der Waals surface area contributed by atoms with Crippen molar-refractivity contribution in [3.05, 3.63) is 54.1 Å². The summed E-state index contributed by atoms with van der Waals surface area (Å²) in [5.74, 6) is 0.652. The highest BCUT2D eigenvalue weighted by molar-refractivity contribution is 6.06. The van der Waals surface area contributed by atoms with Crippen LogP contribution in [-0.2, 0) is 0 Å². The first-order valence-corrected chi connectivity index (χ1v) is 7.24. The number of hydrogen-bond acceptors (Lipinski definition) is 4. The van der Waals surface area contributed by atoms with Gasteiger partial charge in [0.15, 0.2) is 0 Å². The highest BCUT2D eigenvalue weighted by Crippen LogP contribution is 2.40. The fourth-order valence-electron chi connectivity index (χ4n) is 3.25. The number of rotatable bonds is 0. The van der Waals surface area contributed by atoms with Gasteiger partial charge in [0.05, 0.1) is 11.0 Å². The summed E-state index contributed by atoms with van der Waals surface area (Å²) in [4.78, 5) is 22.8. The second kappa shape index (κ2) is 4.10. The summed E-state index contributed by atoms with van der Waals surface area (Å²) in [6.07, 6.45) is -0.389. The zero-order chi connectivity index (χ0) is 15.6. The van der Waals surface area contributed by atoms with Gasteiger partial charge in [-0.2, -0.15) is 4.99 Å². The maximum atomic E-state index is 12.5. The Bertz CT molecular complexity index is 1000. The van der Waals surface area contributed by atoms with E-state index in [2.05, 4.69) is 15.3 Å². The molecule has 2 aromatic carbocycles. The maximum Gasteiger partial charge on any atom is 0.330 e. The van der Waals surface area contributed by atoms with Crippen LogP contribution in [0.2, 0.25) is 0 Å². The van der Waals surface area contributed by atoms with Crippen molar-refractivity contribution in [3.63, 3.8) is 0 Å². The number of aromatic nitrogens is 2. The highest BCUT2D eigenvalue weighted by atomic mass is 16.2. The van der Waals surface area contributed by atoms with Gasteiger partial charge in [-0.1, -0.05) is 30.3 Å². The number of nitrogens with zero attached hydrogens (tertiary/aromatic N) is 4. The predicted molar refractivity (Wildman–Crippen MR) is 86.5 cm³/mol. The lowest BCUT2D eigenvalue weighted by Crippen LogP contribution is -2.52. The molecule has 2 aliphatic heterocycles. The molecule has 7 heteroatoms. The zero-order valence-corrected chi connectivity index (χ0v) is 12.0. The Kier molecular flexibility index (Phi) is 2.18. The monoisotopic (exact) mass is 304 g/mol. The molecule has 0 saturated heterocycles. The SMILES string of the molecule is NC1=Nc2nc3ccccc3n2C2c3ccccc3NC(=O)N12. The van der Waals surface area contributed by atoms with Crippen LogP contribution in [0.1, 0.15) is 11.7 Å². The molecular formula is C16H12N6O. The van der Waals surface area contributed by atoms with Crippen molar-refractivity contribution in [3.8, 4) is 0 Å². The molecule has 1 unspecified atom stereocenters. The Labute approximate surface area is 131 Å². The molecular weight excluding hydrogens is 292 g/mol. The molecule has 1 aromatic heterocycles. The van der Waals surface area contributed by atoms with Crippen LogP contribution >= 0.6 is 0 Å². The fraction of sp³-hybridized carbons (Fsp3) is 0.0625. The summed E-state index contributed by atoms with van der Waals surface area (Å²) in [6, 6.07) is 15.2. The molecule has 2 aliphatic rings. The first-order valence-electron chi connectivity index (χ1n) is 7.24. The number of anilines is 1. The predicted octanol–water partition coefficient (Wildman–Crippen LogP) is 2.39. The van der Waals surface area contributed by atoms with E-state index >= 15 is 0 Å². The summed E-state index contributed by atoms with van der Waals surface area (Å²) >= 11 is 0. The van der Waals surface area contributed by atoms with E-state index in [0.717, 1.165) is 22.3 Å². The summed E-state index contributed by atoms with van der Waals surface area (Å²) in [5.41, 5.74) is 9.50. The van der Waals surface area contributed by atoms with Crippen LogP contribution in [0.4, 0.5) is 16.4 Å². The number of hydrogen-bond donors (Lipinski definition) is 2. The Morgan fingerprint density at radius 3 is 2.78 bits per heavy atom. The molecule has 1 atom stereocenters. The molecule has 2 amide bonds. The first-order chi connectivity index (χ1) is 11.2. The molecule has 0 aliphatic carbocycles. The van der Waals surface area contributed by atoms with Gasteiger partial charge in [0, 0.05) is 11.3 Å². The average molecular weight is 304 g/mol. The van der Waals surface area contributed by atoms with E-state index < -0.39 is 0 Å². The molecule has 0 fully saturated rings. The van der Waals surface area contributed by atoms with Gasteiger partial charge >= 0.3 is 6.03 Å². The lowest BCUT2D eigenvalue weighted by atomic mass is 10.1. The number of imidazole rings is 1. The third-order valence-corrected chi connectivity index (χ3v) is 4.23. The number of urea groups is 1. The van der Waals surface area contributed by atoms with Crippen molar-refractivity contribution in [2.24, 2.45) is 10.7 Å². The summed E-state index contributed by atoms with van der Waals surface area (Å²) < 4.78 is 1.95. The number of carbonyl (C=O) groups is 1. The summed E-state index contributed by atoms with van der Waals surface area (Å²) in [5, 5.41) is 2.85. The number of amides is 2. The van der Waals surface area contributed by atoms with E-state index in [1.54, 1.807) is 0 Å². The number of nitrogens with two attached hydrogens (primary N) is 1. The van der Waals surface area contributed by atoms with E-state index in [0.29, 0.717) is 5.95 Å². The topological polar surface area (TPSA) is 88.5 Å². The Balaban J connectivity index is 1.88. The minimum atomic E-state index is -0.389. The van der Waals surface area contributed by atoms with Gasteiger partial charge in [-0.25, -0.2) is 14.7 Å².